The minimum atomic E-state index is 0.0695. The van der Waals surface area contributed by atoms with Gasteiger partial charge in [-0.2, -0.15) is 0 Å². The molecule has 0 amide bonds. The van der Waals surface area contributed by atoms with Crippen molar-refractivity contribution in [2.45, 2.75) is 5.92 Å². The first-order valence-electron chi connectivity index (χ1n) is 17.1. The molecule has 0 fully saturated rings. The molecule has 9 aromatic rings. The molecule has 234 valence electrons. The topological polar surface area (TPSA) is 30.7 Å². The molecule has 0 bridgehead atoms. The van der Waals surface area contributed by atoms with E-state index in [1.54, 1.807) is 0 Å². The van der Waals surface area contributed by atoms with Crippen molar-refractivity contribution in [3.63, 3.8) is 0 Å². The highest BCUT2D eigenvalue weighted by molar-refractivity contribution is 6.09. The largest absolute Gasteiger partial charge is 0.309 e. The molecule has 0 radical (unpaired) electrons. The molecule has 1 aliphatic carbocycles. The predicted octanol–water partition coefficient (Wildman–Crippen LogP) is 11.7. The van der Waals surface area contributed by atoms with Crippen LogP contribution in [0, 0.1) is 0 Å². The second kappa shape index (κ2) is 11.5. The summed E-state index contributed by atoms with van der Waals surface area (Å²) in [5, 5.41) is 2.47. The molecule has 1 aliphatic rings. The molecule has 0 spiro atoms. The zero-order valence-corrected chi connectivity index (χ0v) is 27.2. The smallest absolute Gasteiger partial charge is 0.160 e. The summed E-state index contributed by atoms with van der Waals surface area (Å²) in [7, 11) is 0. The number of hydrogen-bond donors (Lipinski definition) is 0. The van der Waals surface area contributed by atoms with Gasteiger partial charge in [0.25, 0.3) is 0 Å². The van der Waals surface area contributed by atoms with E-state index in [0.717, 1.165) is 33.8 Å². The third-order valence-electron chi connectivity index (χ3n) is 10.1. The zero-order chi connectivity index (χ0) is 33.0. The molecule has 0 unspecified atom stereocenters. The van der Waals surface area contributed by atoms with Crippen LogP contribution in [0.5, 0.6) is 0 Å². The van der Waals surface area contributed by atoms with Gasteiger partial charge in [0.1, 0.15) is 0 Å². The Hall–Kier alpha value is -6.58. The second-order valence-electron chi connectivity index (χ2n) is 13.0. The molecule has 50 heavy (non-hydrogen) atoms. The van der Waals surface area contributed by atoms with Crippen molar-refractivity contribution in [3.8, 4) is 50.7 Å². The maximum atomic E-state index is 5.28. The zero-order valence-electron chi connectivity index (χ0n) is 27.2. The van der Waals surface area contributed by atoms with E-state index in [9.17, 15) is 0 Å². The molecule has 2 aromatic heterocycles. The molecule has 0 N–H and O–H groups in total. The van der Waals surface area contributed by atoms with Crippen molar-refractivity contribution in [1.29, 1.82) is 0 Å². The fourth-order valence-corrected chi connectivity index (χ4v) is 7.86. The number of fused-ring (bicyclic) bond motifs is 6. The molecular formula is C47H31N3. The molecule has 10 rings (SSSR count). The van der Waals surface area contributed by atoms with Crippen molar-refractivity contribution >= 4 is 21.8 Å². The van der Waals surface area contributed by atoms with Crippen LogP contribution >= 0.6 is 0 Å². The lowest BCUT2D eigenvalue weighted by atomic mass is 9.88. The number of para-hydroxylation sites is 2. The van der Waals surface area contributed by atoms with Crippen molar-refractivity contribution in [2.24, 2.45) is 0 Å². The Kier molecular flexibility index (Phi) is 6.56. The van der Waals surface area contributed by atoms with Gasteiger partial charge in [0.15, 0.2) is 5.82 Å². The van der Waals surface area contributed by atoms with E-state index in [1.807, 2.05) is 12.1 Å². The number of rotatable bonds is 5. The Labute approximate surface area is 290 Å². The van der Waals surface area contributed by atoms with Gasteiger partial charge in [0, 0.05) is 39.1 Å². The molecule has 0 aliphatic heterocycles. The average Bonchev–Trinajstić information content (AvgIpc) is 3.71. The SMILES string of the molecule is c1ccc(-c2cc(-c3ccccc3)nc(-c3cc(C4c5ccccc5-c5ccccc54)cc(-n4c5ccccc5c5ccccc54)c3)n2)cc1. The van der Waals surface area contributed by atoms with Gasteiger partial charge in [0.2, 0.25) is 0 Å². The van der Waals surface area contributed by atoms with Crippen molar-refractivity contribution in [1.82, 2.24) is 14.5 Å². The summed E-state index contributed by atoms with van der Waals surface area (Å²) in [5.41, 5.74) is 14.8. The van der Waals surface area contributed by atoms with E-state index < -0.39 is 0 Å². The number of hydrogen-bond acceptors (Lipinski definition) is 2. The highest BCUT2D eigenvalue weighted by atomic mass is 15.0. The van der Waals surface area contributed by atoms with E-state index in [0.29, 0.717) is 5.82 Å². The predicted molar refractivity (Wildman–Crippen MR) is 206 cm³/mol. The standard InChI is InChI=1S/C47H31N3/c1-3-15-31(16-4-1)42-30-43(32-17-5-2-6-18-32)49-47(48-42)34-27-33(46-40-23-9-7-19-36(40)37-20-8-10-24-41(37)46)28-35(29-34)50-44-25-13-11-21-38(44)39-22-12-14-26-45(39)50/h1-30,46H. The Balaban J connectivity index is 1.28. The van der Waals surface area contributed by atoms with E-state index in [4.69, 9.17) is 9.97 Å². The maximum Gasteiger partial charge on any atom is 0.160 e. The summed E-state index contributed by atoms with van der Waals surface area (Å²) in [6, 6.07) is 65.0. The van der Waals surface area contributed by atoms with Crippen LogP contribution in [0.2, 0.25) is 0 Å². The van der Waals surface area contributed by atoms with Gasteiger partial charge in [-0.25, -0.2) is 9.97 Å². The van der Waals surface area contributed by atoms with E-state index in [-0.39, 0.29) is 5.92 Å². The Bertz CT molecular complexity index is 2550. The third kappa shape index (κ3) is 4.59. The summed E-state index contributed by atoms with van der Waals surface area (Å²) >= 11 is 0. The maximum absolute atomic E-state index is 5.28. The van der Waals surface area contributed by atoms with Crippen LogP contribution in [0.4, 0.5) is 0 Å². The van der Waals surface area contributed by atoms with E-state index >= 15 is 0 Å². The second-order valence-corrected chi connectivity index (χ2v) is 13.0. The lowest BCUT2D eigenvalue weighted by Crippen LogP contribution is -2.04. The Morgan fingerprint density at radius 2 is 0.880 bits per heavy atom. The Morgan fingerprint density at radius 3 is 1.44 bits per heavy atom. The van der Waals surface area contributed by atoms with E-state index in [2.05, 4.69) is 174 Å². The third-order valence-corrected chi connectivity index (χ3v) is 10.1. The van der Waals surface area contributed by atoms with Crippen LogP contribution in [-0.4, -0.2) is 14.5 Å². The van der Waals surface area contributed by atoms with Crippen LogP contribution in [0.25, 0.3) is 72.5 Å². The van der Waals surface area contributed by atoms with Gasteiger partial charge in [-0.1, -0.05) is 146 Å². The molecule has 7 aromatic carbocycles. The first kappa shape index (κ1) is 28.4. The van der Waals surface area contributed by atoms with Crippen LogP contribution in [-0.2, 0) is 0 Å². The van der Waals surface area contributed by atoms with Crippen molar-refractivity contribution in [2.75, 3.05) is 0 Å². The summed E-state index contributed by atoms with van der Waals surface area (Å²) < 4.78 is 2.41. The summed E-state index contributed by atoms with van der Waals surface area (Å²) in [6.45, 7) is 0. The number of aromatic nitrogens is 3. The minimum Gasteiger partial charge on any atom is -0.309 e. The summed E-state index contributed by atoms with van der Waals surface area (Å²) in [4.78, 5) is 10.6. The summed E-state index contributed by atoms with van der Waals surface area (Å²) in [6.07, 6.45) is 0. The van der Waals surface area contributed by atoms with Crippen LogP contribution in [0.15, 0.2) is 182 Å². The molecular weight excluding hydrogens is 607 g/mol. The van der Waals surface area contributed by atoms with Gasteiger partial charge in [-0.05, 0) is 64.2 Å². The van der Waals surface area contributed by atoms with Gasteiger partial charge < -0.3 is 4.57 Å². The highest BCUT2D eigenvalue weighted by Crippen LogP contribution is 2.49. The molecule has 3 nitrogen and oxygen atoms in total. The first-order valence-corrected chi connectivity index (χ1v) is 17.1. The molecule has 0 saturated heterocycles. The quantitative estimate of drug-likeness (QED) is 0.188. The van der Waals surface area contributed by atoms with Gasteiger partial charge in [0.05, 0.1) is 22.4 Å². The highest BCUT2D eigenvalue weighted by Gasteiger charge is 2.30. The molecule has 2 heterocycles. The average molecular weight is 638 g/mol. The van der Waals surface area contributed by atoms with Crippen LogP contribution in [0.3, 0.4) is 0 Å². The number of benzene rings is 7. The van der Waals surface area contributed by atoms with Gasteiger partial charge in [-0.3, -0.25) is 0 Å². The summed E-state index contributed by atoms with van der Waals surface area (Å²) in [5.74, 6) is 0.772. The minimum absolute atomic E-state index is 0.0695. The fraction of sp³-hybridized carbons (Fsp3) is 0.0213. The fourth-order valence-electron chi connectivity index (χ4n) is 7.86. The Morgan fingerprint density at radius 1 is 0.400 bits per heavy atom. The first-order chi connectivity index (χ1) is 24.8. The van der Waals surface area contributed by atoms with E-state index in [1.165, 1.54) is 49.6 Å². The number of nitrogens with zero attached hydrogens (tertiary/aromatic N) is 3. The molecule has 0 atom stereocenters. The van der Waals surface area contributed by atoms with Gasteiger partial charge in [-0.15, -0.1) is 0 Å². The van der Waals surface area contributed by atoms with Crippen LogP contribution < -0.4 is 0 Å². The van der Waals surface area contributed by atoms with Crippen LogP contribution in [0.1, 0.15) is 22.6 Å². The van der Waals surface area contributed by atoms with Crippen molar-refractivity contribution in [3.05, 3.63) is 199 Å². The lowest BCUT2D eigenvalue weighted by Gasteiger charge is -2.19. The monoisotopic (exact) mass is 637 g/mol. The van der Waals surface area contributed by atoms with Crippen molar-refractivity contribution < 1.29 is 0 Å². The lowest BCUT2D eigenvalue weighted by molar-refractivity contribution is 1.01. The van der Waals surface area contributed by atoms with Gasteiger partial charge >= 0.3 is 0 Å². The molecule has 3 heteroatoms. The normalized spacial score (nSPS) is 12.3. The molecule has 0 saturated carbocycles.